The van der Waals surface area contributed by atoms with E-state index >= 15 is 0 Å². The summed E-state index contributed by atoms with van der Waals surface area (Å²) in [4.78, 5) is 9.26. The van der Waals surface area contributed by atoms with Gasteiger partial charge in [0.05, 0.1) is 19.8 Å². The molecule has 0 aromatic heterocycles. The van der Waals surface area contributed by atoms with Gasteiger partial charge in [0.1, 0.15) is 11.5 Å². The Morgan fingerprint density at radius 2 is 1.13 bits per heavy atom. The van der Waals surface area contributed by atoms with Gasteiger partial charge in [-0.3, -0.25) is 19.6 Å². The number of aliphatic hydroxyl groups is 2. The molecule has 0 amide bonds. The fourth-order valence-corrected chi connectivity index (χ4v) is 4.33. The summed E-state index contributed by atoms with van der Waals surface area (Å²) in [7, 11) is 0. The average molecular weight is 423 g/mol. The molecule has 0 saturated carbocycles. The van der Waals surface area contributed by atoms with E-state index in [4.69, 9.17) is 14.9 Å². The molecule has 2 fully saturated rings. The van der Waals surface area contributed by atoms with Crippen molar-refractivity contribution in [2.24, 2.45) is 0 Å². The molecule has 1 aromatic carbocycles. The molecule has 30 heavy (non-hydrogen) atoms. The fraction of sp³-hybridized carbons (Fsp3) is 0.727. The first-order valence-corrected chi connectivity index (χ1v) is 11.2. The molecule has 0 bridgehead atoms. The first-order valence-electron chi connectivity index (χ1n) is 11.2. The number of hydrogen-bond donors (Lipinski definition) is 3. The highest BCUT2D eigenvalue weighted by atomic mass is 16.5. The van der Waals surface area contributed by atoms with Crippen LogP contribution in [0.15, 0.2) is 12.1 Å². The third-order valence-corrected chi connectivity index (χ3v) is 6.10. The van der Waals surface area contributed by atoms with Crippen molar-refractivity contribution in [3.63, 3.8) is 0 Å². The third-order valence-electron chi connectivity index (χ3n) is 6.10. The zero-order chi connectivity index (χ0) is 21.3. The van der Waals surface area contributed by atoms with Gasteiger partial charge in [0.2, 0.25) is 0 Å². The Morgan fingerprint density at radius 1 is 0.733 bits per heavy atom. The number of benzene rings is 1. The van der Waals surface area contributed by atoms with Crippen molar-refractivity contribution < 1.29 is 20.1 Å². The highest BCUT2D eigenvalue weighted by Crippen LogP contribution is 2.31. The van der Waals surface area contributed by atoms with Crippen LogP contribution in [-0.2, 0) is 13.1 Å². The normalized spacial score (nSPS) is 20.0. The van der Waals surface area contributed by atoms with E-state index in [1.54, 1.807) is 0 Å². The number of phenols is 1. The monoisotopic (exact) mass is 422 g/mol. The first kappa shape index (κ1) is 23.2. The van der Waals surface area contributed by atoms with Crippen molar-refractivity contribution >= 4 is 0 Å². The van der Waals surface area contributed by atoms with Crippen LogP contribution in [0.4, 0.5) is 0 Å². The molecular weight excluding hydrogens is 384 g/mol. The zero-order valence-corrected chi connectivity index (χ0v) is 18.3. The van der Waals surface area contributed by atoms with Gasteiger partial charge in [0.15, 0.2) is 0 Å². The summed E-state index contributed by atoms with van der Waals surface area (Å²) in [5.41, 5.74) is 1.84. The summed E-state index contributed by atoms with van der Waals surface area (Å²) < 4.78 is 5.80. The second kappa shape index (κ2) is 11.8. The van der Waals surface area contributed by atoms with E-state index < -0.39 is 0 Å². The molecule has 0 atom stereocenters. The van der Waals surface area contributed by atoms with E-state index in [0.717, 1.165) is 82.3 Å². The number of aromatic hydroxyl groups is 1. The molecule has 2 heterocycles. The molecule has 3 rings (SSSR count). The van der Waals surface area contributed by atoms with Crippen LogP contribution in [0.5, 0.6) is 11.5 Å². The van der Waals surface area contributed by atoms with Crippen LogP contribution in [-0.4, -0.2) is 120 Å². The molecule has 170 valence electrons. The minimum atomic E-state index is 0.203. The second-order valence-electron chi connectivity index (χ2n) is 8.21. The van der Waals surface area contributed by atoms with Crippen LogP contribution in [0, 0.1) is 0 Å². The van der Waals surface area contributed by atoms with E-state index in [1.807, 2.05) is 19.1 Å². The Bertz CT molecular complexity index is 595. The van der Waals surface area contributed by atoms with Gasteiger partial charge in [-0.05, 0) is 19.1 Å². The molecule has 0 aliphatic carbocycles. The second-order valence-corrected chi connectivity index (χ2v) is 8.21. The minimum absolute atomic E-state index is 0.203. The largest absolute Gasteiger partial charge is 0.507 e. The Hall–Kier alpha value is -1.42. The predicted molar refractivity (Wildman–Crippen MR) is 117 cm³/mol. The maximum atomic E-state index is 11.0. The predicted octanol–water partition coefficient (Wildman–Crippen LogP) is 0.0107. The average Bonchev–Trinajstić information content (AvgIpc) is 2.75. The van der Waals surface area contributed by atoms with Gasteiger partial charge < -0.3 is 20.1 Å². The zero-order valence-electron chi connectivity index (χ0n) is 18.3. The van der Waals surface area contributed by atoms with Gasteiger partial charge in [-0.1, -0.05) is 0 Å². The molecular formula is C22H38N4O4. The lowest BCUT2D eigenvalue weighted by Gasteiger charge is -2.35. The molecule has 8 heteroatoms. The quantitative estimate of drug-likeness (QED) is 0.487. The number of aliphatic hydroxyl groups excluding tert-OH is 2. The number of nitrogens with zero attached hydrogens (tertiary/aromatic N) is 4. The van der Waals surface area contributed by atoms with Crippen LogP contribution in [0.3, 0.4) is 0 Å². The maximum Gasteiger partial charge on any atom is 0.124 e. The fourth-order valence-electron chi connectivity index (χ4n) is 4.33. The van der Waals surface area contributed by atoms with E-state index in [0.29, 0.717) is 25.4 Å². The number of ether oxygens (including phenoxy) is 1. The van der Waals surface area contributed by atoms with Crippen LogP contribution in [0.25, 0.3) is 0 Å². The summed E-state index contributed by atoms with van der Waals surface area (Å²) >= 11 is 0. The summed E-state index contributed by atoms with van der Waals surface area (Å²) in [6.07, 6.45) is 0. The molecule has 1 aromatic rings. The summed E-state index contributed by atoms with van der Waals surface area (Å²) in [5.74, 6) is 1.20. The number of piperazine rings is 2. The minimum Gasteiger partial charge on any atom is -0.507 e. The number of β-amino-alcohol motifs (C(OH)–C–C–N with tert-alkyl or cyclic N) is 2. The lowest BCUT2D eigenvalue weighted by Crippen LogP contribution is -2.47. The van der Waals surface area contributed by atoms with Gasteiger partial charge in [0, 0.05) is 89.7 Å². The number of rotatable bonds is 10. The van der Waals surface area contributed by atoms with Gasteiger partial charge >= 0.3 is 0 Å². The van der Waals surface area contributed by atoms with Crippen molar-refractivity contribution in [1.29, 1.82) is 0 Å². The molecule has 8 nitrogen and oxygen atoms in total. The van der Waals surface area contributed by atoms with Crippen LogP contribution >= 0.6 is 0 Å². The molecule has 0 spiro atoms. The number of phenolic OH excluding ortho intramolecular Hbond substituents is 1. The van der Waals surface area contributed by atoms with Gasteiger partial charge in [-0.2, -0.15) is 0 Å². The maximum absolute atomic E-state index is 11.0. The molecule has 2 aliphatic rings. The lowest BCUT2D eigenvalue weighted by atomic mass is 10.1. The molecule has 2 saturated heterocycles. The van der Waals surface area contributed by atoms with Crippen LogP contribution in [0.1, 0.15) is 18.1 Å². The molecule has 2 aliphatic heterocycles. The van der Waals surface area contributed by atoms with Crippen molar-refractivity contribution in [3.05, 3.63) is 23.3 Å². The van der Waals surface area contributed by atoms with E-state index in [2.05, 4.69) is 19.6 Å². The highest BCUT2D eigenvalue weighted by Gasteiger charge is 2.22. The van der Waals surface area contributed by atoms with E-state index in [9.17, 15) is 5.11 Å². The van der Waals surface area contributed by atoms with Crippen LogP contribution in [0.2, 0.25) is 0 Å². The summed E-state index contributed by atoms with van der Waals surface area (Å²) in [6, 6.07) is 3.95. The van der Waals surface area contributed by atoms with E-state index in [1.165, 1.54) is 0 Å². The SMILES string of the molecule is CCOc1cc(CN2CCN(CCO)CC2)c(O)c(CN2CCN(CCO)CC2)c1. The van der Waals surface area contributed by atoms with Crippen LogP contribution < -0.4 is 4.74 Å². The van der Waals surface area contributed by atoms with Gasteiger partial charge in [-0.25, -0.2) is 0 Å². The van der Waals surface area contributed by atoms with Crippen molar-refractivity contribution in [2.75, 3.05) is 85.3 Å². The topological polar surface area (TPSA) is 82.9 Å². The molecule has 3 N–H and O–H groups in total. The molecule has 0 radical (unpaired) electrons. The van der Waals surface area contributed by atoms with Crippen molar-refractivity contribution in [3.8, 4) is 11.5 Å². The Balaban J connectivity index is 1.65. The lowest BCUT2D eigenvalue weighted by molar-refractivity contribution is 0.106. The van der Waals surface area contributed by atoms with Crippen molar-refractivity contribution in [1.82, 2.24) is 19.6 Å². The third kappa shape index (κ3) is 6.54. The summed E-state index contributed by atoms with van der Waals surface area (Å²) in [6.45, 7) is 13.3. The first-order chi connectivity index (χ1) is 14.6. The number of hydrogen-bond acceptors (Lipinski definition) is 8. The van der Waals surface area contributed by atoms with Crippen molar-refractivity contribution in [2.45, 2.75) is 20.0 Å². The van der Waals surface area contributed by atoms with Gasteiger partial charge in [0.25, 0.3) is 0 Å². The van der Waals surface area contributed by atoms with E-state index in [-0.39, 0.29) is 13.2 Å². The summed E-state index contributed by atoms with van der Waals surface area (Å²) in [5, 5.41) is 29.3. The Kier molecular flexibility index (Phi) is 9.17. The standard InChI is InChI=1S/C22H38N4O4/c1-2-30-21-15-19(17-25-7-3-23(4-8-25)11-13-27)22(29)20(16-21)18-26-9-5-24(6-10-26)12-14-28/h15-16,27-29H,2-14,17-18H2,1H3. The molecule has 0 unspecified atom stereocenters. The highest BCUT2D eigenvalue weighted by molar-refractivity contribution is 5.46. The smallest absolute Gasteiger partial charge is 0.124 e. The van der Waals surface area contributed by atoms with Gasteiger partial charge in [-0.15, -0.1) is 0 Å². The Labute approximate surface area is 180 Å². The Morgan fingerprint density at radius 3 is 1.50 bits per heavy atom.